The molecule has 1 atom stereocenters. The third kappa shape index (κ3) is 7.09. The Balaban J connectivity index is 2.20. The molecule has 0 aliphatic heterocycles. The van der Waals surface area contributed by atoms with Crippen molar-refractivity contribution in [2.75, 3.05) is 6.61 Å². The number of nitrogens with one attached hydrogen (secondary N) is 1. The molecule has 0 saturated heterocycles. The molecule has 0 saturated carbocycles. The predicted octanol–water partition coefficient (Wildman–Crippen LogP) is 4.36. The fourth-order valence-corrected chi connectivity index (χ4v) is 3.15. The van der Waals surface area contributed by atoms with Gasteiger partial charge >= 0.3 is 0 Å². The van der Waals surface area contributed by atoms with Crippen molar-refractivity contribution < 1.29 is 14.3 Å². The van der Waals surface area contributed by atoms with Gasteiger partial charge in [-0.25, -0.2) is 0 Å². The minimum absolute atomic E-state index is 0.00687. The molecule has 2 rings (SSSR count). The number of aryl methyl sites for hydroxylation is 1. The molecular formula is C23H29ClN2O3. The van der Waals surface area contributed by atoms with E-state index in [0.717, 1.165) is 11.1 Å². The van der Waals surface area contributed by atoms with Crippen molar-refractivity contribution in [2.24, 2.45) is 0 Å². The van der Waals surface area contributed by atoms with Crippen LogP contribution in [0.5, 0.6) is 5.75 Å². The second kappa shape index (κ2) is 10.9. The largest absolute Gasteiger partial charge is 0.484 e. The van der Waals surface area contributed by atoms with Crippen LogP contribution < -0.4 is 10.1 Å². The van der Waals surface area contributed by atoms with Gasteiger partial charge in [-0.3, -0.25) is 9.59 Å². The number of nitrogens with zero attached hydrogens (tertiary/aromatic N) is 1. The van der Waals surface area contributed by atoms with E-state index in [-0.39, 0.29) is 24.5 Å². The Morgan fingerprint density at radius 1 is 1.14 bits per heavy atom. The molecule has 1 unspecified atom stereocenters. The van der Waals surface area contributed by atoms with Gasteiger partial charge in [-0.2, -0.15) is 0 Å². The van der Waals surface area contributed by atoms with Crippen molar-refractivity contribution in [3.63, 3.8) is 0 Å². The van der Waals surface area contributed by atoms with Crippen LogP contribution in [0.2, 0.25) is 5.02 Å². The summed E-state index contributed by atoms with van der Waals surface area (Å²) in [7, 11) is 0. The molecular weight excluding hydrogens is 388 g/mol. The average Bonchev–Trinajstić information content (AvgIpc) is 2.67. The second-order valence-electron chi connectivity index (χ2n) is 7.34. The number of hydrogen-bond donors (Lipinski definition) is 1. The molecule has 2 aromatic rings. The molecule has 0 heterocycles. The van der Waals surface area contributed by atoms with Crippen LogP contribution in [-0.2, 0) is 16.1 Å². The Kier molecular flexibility index (Phi) is 8.52. The van der Waals surface area contributed by atoms with Crippen molar-refractivity contribution >= 4 is 23.4 Å². The Labute approximate surface area is 178 Å². The van der Waals surface area contributed by atoms with Crippen LogP contribution in [0.4, 0.5) is 0 Å². The molecule has 0 aliphatic carbocycles. The summed E-state index contributed by atoms with van der Waals surface area (Å²) < 4.78 is 5.70. The lowest BCUT2D eigenvalue weighted by Gasteiger charge is -2.31. The summed E-state index contributed by atoms with van der Waals surface area (Å²) in [5, 5.41) is 3.53. The van der Waals surface area contributed by atoms with E-state index in [9.17, 15) is 9.59 Å². The van der Waals surface area contributed by atoms with Crippen LogP contribution >= 0.6 is 11.6 Å². The highest BCUT2D eigenvalue weighted by molar-refractivity contribution is 6.30. The first-order chi connectivity index (χ1) is 13.8. The highest BCUT2D eigenvalue weighted by Gasteiger charge is 2.29. The molecule has 6 heteroatoms. The van der Waals surface area contributed by atoms with Gasteiger partial charge in [-0.15, -0.1) is 0 Å². The zero-order chi connectivity index (χ0) is 21.4. The summed E-state index contributed by atoms with van der Waals surface area (Å²) in [6, 6.07) is 14.2. The molecule has 1 N–H and O–H groups in total. The molecule has 0 radical (unpaired) electrons. The Morgan fingerprint density at radius 2 is 1.83 bits per heavy atom. The standard InChI is InChI=1S/C23H29ClN2O3/c1-5-21(23(28)25-16(2)3)26(14-18-9-11-19(24)12-10-18)22(27)15-29-20-8-6-7-17(4)13-20/h6-13,16,21H,5,14-15H2,1-4H3,(H,25,28). The number of carbonyl (C=O) groups is 2. The first-order valence-electron chi connectivity index (χ1n) is 9.84. The lowest BCUT2D eigenvalue weighted by molar-refractivity contribution is -0.143. The molecule has 2 amide bonds. The van der Waals surface area contributed by atoms with E-state index >= 15 is 0 Å². The smallest absolute Gasteiger partial charge is 0.261 e. The molecule has 156 valence electrons. The maximum Gasteiger partial charge on any atom is 0.261 e. The summed E-state index contributed by atoms with van der Waals surface area (Å²) in [5.74, 6) is 0.219. The van der Waals surface area contributed by atoms with Crippen LogP contribution in [0.15, 0.2) is 48.5 Å². The van der Waals surface area contributed by atoms with E-state index in [4.69, 9.17) is 16.3 Å². The van der Waals surface area contributed by atoms with E-state index in [0.29, 0.717) is 23.7 Å². The summed E-state index contributed by atoms with van der Waals surface area (Å²) >= 11 is 5.97. The van der Waals surface area contributed by atoms with Gasteiger partial charge in [0, 0.05) is 17.6 Å². The van der Waals surface area contributed by atoms with Gasteiger partial charge in [0.25, 0.3) is 5.91 Å². The molecule has 0 aliphatic rings. The van der Waals surface area contributed by atoms with Crippen molar-refractivity contribution in [1.29, 1.82) is 0 Å². The molecule has 29 heavy (non-hydrogen) atoms. The van der Waals surface area contributed by atoms with E-state index < -0.39 is 6.04 Å². The first-order valence-corrected chi connectivity index (χ1v) is 10.2. The van der Waals surface area contributed by atoms with Gasteiger partial charge in [0.1, 0.15) is 11.8 Å². The lowest BCUT2D eigenvalue weighted by Crippen LogP contribution is -2.51. The van der Waals surface area contributed by atoms with Crippen LogP contribution in [0, 0.1) is 6.92 Å². The normalized spacial score (nSPS) is 11.8. The van der Waals surface area contributed by atoms with Crippen molar-refractivity contribution in [1.82, 2.24) is 10.2 Å². The first kappa shape index (κ1) is 22.8. The second-order valence-corrected chi connectivity index (χ2v) is 7.78. The Hall–Kier alpha value is -2.53. The molecule has 0 spiro atoms. The zero-order valence-corrected chi connectivity index (χ0v) is 18.2. The monoisotopic (exact) mass is 416 g/mol. The third-order valence-electron chi connectivity index (χ3n) is 4.43. The highest BCUT2D eigenvalue weighted by atomic mass is 35.5. The fourth-order valence-electron chi connectivity index (χ4n) is 3.02. The summed E-state index contributed by atoms with van der Waals surface area (Å²) in [6.45, 7) is 7.83. The van der Waals surface area contributed by atoms with Crippen LogP contribution in [0.1, 0.15) is 38.3 Å². The van der Waals surface area contributed by atoms with Gasteiger partial charge in [-0.05, 0) is 62.6 Å². The zero-order valence-electron chi connectivity index (χ0n) is 17.4. The Morgan fingerprint density at radius 3 is 2.41 bits per heavy atom. The lowest BCUT2D eigenvalue weighted by atomic mass is 10.1. The minimum Gasteiger partial charge on any atom is -0.484 e. The van der Waals surface area contributed by atoms with Gasteiger partial charge < -0.3 is 15.0 Å². The van der Waals surface area contributed by atoms with Crippen LogP contribution in [-0.4, -0.2) is 35.4 Å². The summed E-state index contributed by atoms with van der Waals surface area (Å²) in [5.41, 5.74) is 1.95. The van der Waals surface area contributed by atoms with Gasteiger partial charge in [0.05, 0.1) is 0 Å². The number of carbonyl (C=O) groups excluding carboxylic acids is 2. The number of halogens is 1. The topological polar surface area (TPSA) is 58.6 Å². The van der Waals surface area contributed by atoms with Gasteiger partial charge in [-0.1, -0.05) is 42.8 Å². The van der Waals surface area contributed by atoms with Gasteiger partial charge in [0.15, 0.2) is 6.61 Å². The minimum atomic E-state index is -0.582. The van der Waals surface area contributed by atoms with E-state index in [1.54, 1.807) is 17.0 Å². The number of hydrogen-bond acceptors (Lipinski definition) is 3. The number of rotatable bonds is 9. The molecule has 2 aromatic carbocycles. The van der Waals surface area contributed by atoms with Crippen LogP contribution in [0.25, 0.3) is 0 Å². The van der Waals surface area contributed by atoms with E-state index in [2.05, 4.69) is 5.32 Å². The molecule has 0 aromatic heterocycles. The molecule has 0 fully saturated rings. The SMILES string of the molecule is CCC(C(=O)NC(C)C)N(Cc1ccc(Cl)cc1)C(=O)COc1cccc(C)c1. The quantitative estimate of drug-likeness (QED) is 0.660. The van der Waals surface area contributed by atoms with Gasteiger partial charge in [0.2, 0.25) is 5.91 Å². The fraction of sp³-hybridized carbons (Fsp3) is 0.391. The molecule has 5 nitrogen and oxygen atoms in total. The number of benzene rings is 2. The number of amides is 2. The average molecular weight is 417 g/mol. The van der Waals surface area contributed by atoms with E-state index in [1.165, 1.54) is 0 Å². The van der Waals surface area contributed by atoms with E-state index in [1.807, 2.05) is 64.1 Å². The summed E-state index contributed by atoms with van der Waals surface area (Å²) in [4.78, 5) is 27.4. The maximum atomic E-state index is 13.1. The predicted molar refractivity (Wildman–Crippen MR) is 116 cm³/mol. The van der Waals surface area contributed by atoms with Crippen molar-refractivity contribution in [3.8, 4) is 5.75 Å². The van der Waals surface area contributed by atoms with Crippen molar-refractivity contribution in [2.45, 2.75) is 52.7 Å². The summed E-state index contributed by atoms with van der Waals surface area (Å²) in [6.07, 6.45) is 0.502. The number of ether oxygens (including phenoxy) is 1. The third-order valence-corrected chi connectivity index (χ3v) is 4.69. The van der Waals surface area contributed by atoms with Crippen LogP contribution in [0.3, 0.4) is 0 Å². The highest BCUT2D eigenvalue weighted by Crippen LogP contribution is 2.17. The Bertz CT molecular complexity index is 821. The maximum absolute atomic E-state index is 13.1. The molecule has 0 bridgehead atoms. The van der Waals surface area contributed by atoms with Crippen molar-refractivity contribution in [3.05, 3.63) is 64.7 Å².